The van der Waals surface area contributed by atoms with Crippen LogP contribution in [0.4, 0.5) is 11.6 Å². The average molecular weight is 288 g/mol. The molecule has 1 aliphatic rings. The van der Waals surface area contributed by atoms with Crippen molar-refractivity contribution in [3.63, 3.8) is 0 Å². The lowest BCUT2D eigenvalue weighted by Crippen LogP contribution is -2.35. The van der Waals surface area contributed by atoms with Gasteiger partial charge in [-0.2, -0.15) is 0 Å². The normalized spacial score (nSPS) is 23.5. The lowest BCUT2D eigenvalue weighted by atomic mass is 10.1. The third-order valence-electron chi connectivity index (χ3n) is 3.65. The SMILES string of the molecule is CCC1CCC(C)N1c1nc(NC)c(Cl)cc1Cl. The summed E-state index contributed by atoms with van der Waals surface area (Å²) in [6, 6.07) is 2.77. The Hall–Kier alpha value is -0.670. The molecule has 2 heterocycles. The second kappa shape index (κ2) is 5.54. The van der Waals surface area contributed by atoms with Gasteiger partial charge in [0.15, 0.2) is 0 Å². The minimum Gasteiger partial charge on any atom is -0.372 e. The Labute approximate surface area is 118 Å². The summed E-state index contributed by atoms with van der Waals surface area (Å²) < 4.78 is 0. The van der Waals surface area contributed by atoms with Crippen molar-refractivity contribution >= 4 is 34.8 Å². The fraction of sp³-hybridized carbons (Fsp3) is 0.615. The molecule has 100 valence electrons. The molecule has 1 N–H and O–H groups in total. The number of hydrogen-bond donors (Lipinski definition) is 1. The second-order valence-electron chi connectivity index (χ2n) is 4.77. The smallest absolute Gasteiger partial charge is 0.150 e. The van der Waals surface area contributed by atoms with Crippen molar-refractivity contribution in [2.24, 2.45) is 0 Å². The van der Waals surface area contributed by atoms with E-state index in [2.05, 4.69) is 29.0 Å². The molecular formula is C13H19Cl2N3. The molecular weight excluding hydrogens is 269 g/mol. The molecule has 18 heavy (non-hydrogen) atoms. The first-order valence-electron chi connectivity index (χ1n) is 6.40. The monoisotopic (exact) mass is 287 g/mol. The van der Waals surface area contributed by atoms with E-state index in [0.29, 0.717) is 27.9 Å². The Kier molecular flexibility index (Phi) is 4.23. The van der Waals surface area contributed by atoms with Crippen LogP contribution in [0.2, 0.25) is 10.0 Å². The maximum atomic E-state index is 6.31. The van der Waals surface area contributed by atoms with Crippen LogP contribution in [0.15, 0.2) is 6.07 Å². The van der Waals surface area contributed by atoms with E-state index in [4.69, 9.17) is 23.2 Å². The van der Waals surface area contributed by atoms with Crippen molar-refractivity contribution in [1.82, 2.24) is 4.98 Å². The van der Waals surface area contributed by atoms with E-state index in [-0.39, 0.29) is 0 Å². The molecule has 1 aliphatic heterocycles. The molecule has 2 atom stereocenters. The molecule has 5 heteroatoms. The van der Waals surface area contributed by atoms with Crippen LogP contribution < -0.4 is 10.2 Å². The number of nitrogens with one attached hydrogen (secondary N) is 1. The Balaban J connectivity index is 2.43. The van der Waals surface area contributed by atoms with Crippen molar-refractivity contribution in [2.45, 2.75) is 45.2 Å². The first kappa shape index (κ1) is 13.8. The highest BCUT2D eigenvalue weighted by molar-refractivity contribution is 6.37. The van der Waals surface area contributed by atoms with Crippen LogP contribution in [0.25, 0.3) is 0 Å². The lowest BCUT2D eigenvalue weighted by Gasteiger charge is -2.30. The summed E-state index contributed by atoms with van der Waals surface area (Å²) in [7, 11) is 1.82. The molecule has 2 rings (SSSR count). The van der Waals surface area contributed by atoms with E-state index in [9.17, 15) is 0 Å². The molecule has 0 spiro atoms. The van der Waals surface area contributed by atoms with E-state index >= 15 is 0 Å². The van der Waals surface area contributed by atoms with Gasteiger partial charge in [0.2, 0.25) is 0 Å². The lowest BCUT2D eigenvalue weighted by molar-refractivity contribution is 0.621. The quantitative estimate of drug-likeness (QED) is 0.903. The maximum absolute atomic E-state index is 6.31. The first-order chi connectivity index (χ1) is 8.58. The zero-order valence-electron chi connectivity index (χ0n) is 11.0. The van der Waals surface area contributed by atoms with Gasteiger partial charge in [0, 0.05) is 19.1 Å². The zero-order chi connectivity index (χ0) is 13.3. The van der Waals surface area contributed by atoms with E-state index in [1.165, 1.54) is 12.8 Å². The van der Waals surface area contributed by atoms with Gasteiger partial charge >= 0.3 is 0 Å². The summed E-state index contributed by atoms with van der Waals surface area (Å²) in [4.78, 5) is 6.90. The number of aromatic nitrogens is 1. The fourth-order valence-corrected chi connectivity index (χ4v) is 3.22. The number of anilines is 2. The molecule has 1 aromatic heterocycles. The Morgan fingerprint density at radius 3 is 2.72 bits per heavy atom. The van der Waals surface area contributed by atoms with Gasteiger partial charge in [0.25, 0.3) is 0 Å². The highest BCUT2D eigenvalue weighted by Crippen LogP contribution is 2.37. The number of hydrogen-bond acceptors (Lipinski definition) is 3. The van der Waals surface area contributed by atoms with E-state index < -0.39 is 0 Å². The third-order valence-corrected chi connectivity index (χ3v) is 4.22. The molecule has 3 nitrogen and oxygen atoms in total. The average Bonchev–Trinajstić information content (AvgIpc) is 2.71. The summed E-state index contributed by atoms with van der Waals surface area (Å²) in [6.45, 7) is 4.43. The van der Waals surface area contributed by atoms with Gasteiger partial charge in [-0.25, -0.2) is 4.98 Å². The van der Waals surface area contributed by atoms with Crippen molar-refractivity contribution < 1.29 is 0 Å². The van der Waals surface area contributed by atoms with Gasteiger partial charge in [-0.1, -0.05) is 30.1 Å². The van der Waals surface area contributed by atoms with Crippen molar-refractivity contribution in [1.29, 1.82) is 0 Å². The molecule has 1 aromatic rings. The predicted molar refractivity (Wildman–Crippen MR) is 79.1 cm³/mol. The fourth-order valence-electron chi connectivity index (χ4n) is 2.67. The van der Waals surface area contributed by atoms with Gasteiger partial charge in [0.1, 0.15) is 11.6 Å². The summed E-state index contributed by atoms with van der Waals surface area (Å²) >= 11 is 12.4. The van der Waals surface area contributed by atoms with Gasteiger partial charge in [-0.3, -0.25) is 0 Å². The molecule has 0 saturated carbocycles. The summed E-state index contributed by atoms with van der Waals surface area (Å²) in [6.07, 6.45) is 3.50. The highest BCUT2D eigenvalue weighted by atomic mass is 35.5. The van der Waals surface area contributed by atoms with Crippen LogP contribution in [0.5, 0.6) is 0 Å². The largest absolute Gasteiger partial charge is 0.372 e. The van der Waals surface area contributed by atoms with Gasteiger partial charge in [-0.15, -0.1) is 0 Å². The van der Waals surface area contributed by atoms with Gasteiger partial charge < -0.3 is 10.2 Å². The van der Waals surface area contributed by atoms with Crippen LogP contribution in [-0.4, -0.2) is 24.1 Å². The minimum atomic E-state index is 0.478. The van der Waals surface area contributed by atoms with E-state index in [1.54, 1.807) is 6.07 Å². The van der Waals surface area contributed by atoms with Crippen LogP contribution in [0.3, 0.4) is 0 Å². The van der Waals surface area contributed by atoms with Crippen molar-refractivity contribution in [3.8, 4) is 0 Å². The van der Waals surface area contributed by atoms with Gasteiger partial charge in [-0.05, 0) is 32.3 Å². The van der Waals surface area contributed by atoms with Crippen molar-refractivity contribution in [3.05, 3.63) is 16.1 Å². The molecule has 1 fully saturated rings. The van der Waals surface area contributed by atoms with E-state index in [0.717, 1.165) is 12.2 Å². The Morgan fingerprint density at radius 1 is 1.39 bits per heavy atom. The first-order valence-corrected chi connectivity index (χ1v) is 7.16. The van der Waals surface area contributed by atoms with Crippen LogP contribution >= 0.6 is 23.2 Å². The van der Waals surface area contributed by atoms with E-state index in [1.807, 2.05) is 7.05 Å². The zero-order valence-corrected chi connectivity index (χ0v) is 12.5. The molecule has 0 aliphatic carbocycles. The number of rotatable bonds is 3. The highest BCUT2D eigenvalue weighted by Gasteiger charge is 2.32. The van der Waals surface area contributed by atoms with Crippen LogP contribution in [0.1, 0.15) is 33.1 Å². The van der Waals surface area contributed by atoms with Crippen LogP contribution in [0, 0.1) is 0 Å². The summed E-state index contributed by atoms with van der Waals surface area (Å²) in [5, 5.41) is 4.20. The molecule has 2 unspecified atom stereocenters. The molecule has 0 radical (unpaired) electrons. The summed E-state index contributed by atoms with van der Waals surface area (Å²) in [5.41, 5.74) is 0. The molecule has 0 amide bonds. The van der Waals surface area contributed by atoms with Gasteiger partial charge in [0.05, 0.1) is 10.0 Å². The van der Waals surface area contributed by atoms with Crippen molar-refractivity contribution in [2.75, 3.05) is 17.3 Å². The predicted octanol–water partition coefficient (Wildman–Crippen LogP) is 4.20. The number of nitrogens with zero attached hydrogens (tertiary/aromatic N) is 2. The molecule has 1 saturated heterocycles. The third kappa shape index (κ3) is 2.39. The Bertz CT molecular complexity index is 436. The number of pyridine rings is 1. The summed E-state index contributed by atoms with van der Waals surface area (Å²) in [5.74, 6) is 1.53. The topological polar surface area (TPSA) is 28.2 Å². The number of halogens is 2. The minimum absolute atomic E-state index is 0.478. The maximum Gasteiger partial charge on any atom is 0.150 e. The second-order valence-corrected chi connectivity index (χ2v) is 5.58. The molecule has 0 aromatic carbocycles. The van der Waals surface area contributed by atoms with Crippen LogP contribution in [-0.2, 0) is 0 Å². The standard InChI is InChI=1S/C13H19Cl2N3/c1-4-9-6-5-8(2)18(9)13-11(15)7-10(14)12(16-3)17-13/h7-9H,4-6H2,1-3H3,(H,16,17). The Morgan fingerprint density at radius 2 is 2.11 bits per heavy atom. The molecule has 0 bridgehead atoms.